The van der Waals surface area contributed by atoms with Gasteiger partial charge in [-0.15, -0.1) is 0 Å². The molecule has 1 aliphatic heterocycles. The van der Waals surface area contributed by atoms with Crippen LogP contribution in [0, 0.1) is 17.8 Å². The molecule has 3 fully saturated rings. The Balaban J connectivity index is 1.26. The van der Waals surface area contributed by atoms with E-state index in [1.165, 1.54) is 4.68 Å². The van der Waals surface area contributed by atoms with Crippen molar-refractivity contribution in [3.63, 3.8) is 0 Å². The van der Waals surface area contributed by atoms with Crippen LogP contribution in [-0.4, -0.2) is 26.5 Å². The molecule has 32 heavy (non-hydrogen) atoms. The van der Waals surface area contributed by atoms with Gasteiger partial charge >= 0.3 is 5.69 Å². The standard InChI is InChI=1S/C23H27N5O4/c1-12-9-18(28-22(31)27(24)19(29)11-25-28)14-4-5-15(14)20(12)32-13-3-6-17-16(10-13)23(7-2-8-23)21(30)26-17/h3,6,10-12,14-15,18,20H,2,4-5,7-9,24H2,1H3,(H,26,30). The van der Waals surface area contributed by atoms with Crippen LogP contribution in [-0.2, 0) is 10.2 Å². The van der Waals surface area contributed by atoms with Crippen LogP contribution in [0.15, 0.2) is 34.0 Å². The molecule has 3 aliphatic carbocycles. The Morgan fingerprint density at radius 3 is 2.66 bits per heavy atom. The average Bonchev–Trinajstić information content (AvgIpc) is 3.01. The van der Waals surface area contributed by atoms with Crippen molar-refractivity contribution in [2.24, 2.45) is 17.8 Å². The zero-order valence-corrected chi connectivity index (χ0v) is 18.0. The van der Waals surface area contributed by atoms with E-state index < -0.39 is 11.2 Å². The number of nitrogen functional groups attached to an aromatic ring is 1. The number of anilines is 1. The normalized spacial score (nSPS) is 31.8. The number of aromatic nitrogens is 3. The van der Waals surface area contributed by atoms with Crippen molar-refractivity contribution in [2.75, 3.05) is 11.2 Å². The first kappa shape index (κ1) is 19.6. The Labute approximate surface area is 184 Å². The fourth-order valence-electron chi connectivity index (χ4n) is 6.34. The van der Waals surface area contributed by atoms with Gasteiger partial charge in [0, 0.05) is 11.6 Å². The Morgan fingerprint density at radius 2 is 1.97 bits per heavy atom. The first-order chi connectivity index (χ1) is 15.4. The third-order valence-corrected chi connectivity index (χ3v) is 8.39. The van der Waals surface area contributed by atoms with Gasteiger partial charge in [0.2, 0.25) is 5.91 Å². The predicted molar refractivity (Wildman–Crippen MR) is 117 cm³/mol. The zero-order chi connectivity index (χ0) is 22.2. The van der Waals surface area contributed by atoms with E-state index in [0.717, 1.165) is 61.7 Å². The van der Waals surface area contributed by atoms with Crippen molar-refractivity contribution in [2.45, 2.75) is 63.0 Å². The molecule has 3 saturated carbocycles. The van der Waals surface area contributed by atoms with Gasteiger partial charge in [0.1, 0.15) is 18.1 Å². The first-order valence-electron chi connectivity index (χ1n) is 11.5. The van der Waals surface area contributed by atoms with Crippen LogP contribution in [0.3, 0.4) is 0 Å². The maximum Gasteiger partial charge on any atom is 0.366 e. The Morgan fingerprint density at radius 1 is 1.19 bits per heavy atom. The molecule has 5 unspecified atom stereocenters. The number of carbonyl (C=O) groups is 1. The van der Waals surface area contributed by atoms with E-state index in [-0.39, 0.29) is 35.3 Å². The van der Waals surface area contributed by atoms with E-state index in [1.807, 2.05) is 12.1 Å². The summed E-state index contributed by atoms with van der Waals surface area (Å²) in [6, 6.07) is 5.86. The van der Waals surface area contributed by atoms with Crippen molar-refractivity contribution in [3.8, 4) is 5.75 Å². The minimum absolute atomic E-state index is 0.0324. The van der Waals surface area contributed by atoms with Gasteiger partial charge in [0.05, 0.1) is 11.5 Å². The number of carbonyl (C=O) groups excluding carboxylic acids is 1. The lowest BCUT2D eigenvalue weighted by molar-refractivity contribution is -0.123. The molecule has 2 heterocycles. The quantitative estimate of drug-likeness (QED) is 0.703. The number of amides is 1. The molecule has 0 bridgehead atoms. The molecule has 3 N–H and O–H groups in total. The number of nitrogens with zero attached hydrogens (tertiary/aromatic N) is 3. The number of hydrogen-bond donors (Lipinski definition) is 2. The molecule has 9 nitrogen and oxygen atoms in total. The highest BCUT2D eigenvalue weighted by Crippen LogP contribution is 2.54. The lowest BCUT2D eigenvalue weighted by Crippen LogP contribution is -2.55. The first-order valence-corrected chi connectivity index (χ1v) is 11.5. The fourth-order valence-corrected chi connectivity index (χ4v) is 6.34. The number of nitrogens with two attached hydrogens (primary N) is 1. The third-order valence-electron chi connectivity index (χ3n) is 8.39. The second-order valence-electron chi connectivity index (χ2n) is 9.94. The molecule has 168 valence electrons. The molecule has 1 spiro atoms. The van der Waals surface area contributed by atoms with Gasteiger partial charge in [-0.1, -0.05) is 13.3 Å². The summed E-state index contributed by atoms with van der Waals surface area (Å²) in [7, 11) is 0. The number of nitrogens with one attached hydrogen (secondary N) is 1. The van der Waals surface area contributed by atoms with Gasteiger partial charge in [-0.2, -0.15) is 9.77 Å². The highest BCUT2D eigenvalue weighted by molar-refractivity contribution is 6.07. The topological polar surface area (TPSA) is 121 Å². The Bertz CT molecular complexity index is 1230. The molecule has 5 atom stereocenters. The molecule has 6 rings (SSSR count). The molecule has 0 saturated heterocycles. The van der Waals surface area contributed by atoms with Crippen molar-refractivity contribution in [1.82, 2.24) is 14.5 Å². The molecule has 1 aromatic carbocycles. The van der Waals surface area contributed by atoms with Crippen molar-refractivity contribution >= 4 is 11.6 Å². The number of hydrogen-bond acceptors (Lipinski definition) is 6. The zero-order valence-electron chi connectivity index (χ0n) is 18.0. The Hall–Kier alpha value is -3.10. The number of fused-ring (bicyclic) bond motifs is 3. The molecular formula is C23H27N5O4. The smallest absolute Gasteiger partial charge is 0.366 e. The van der Waals surface area contributed by atoms with E-state index in [0.29, 0.717) is 10.6 Å². The van der Waals surface area contributed by atoms with Gasteiger partial charge in [-0.3, -0.25) is 9.59 Å². The van der Waals surface area contributed by atoms with Gasteiger partial charge in [-0.25, -0.2) is 9.48 Å². The maximum absolute atomic E-state index is 12.5. The van der Waals surface area contributed by atoms with Crippen LogP contribution >= 0.6 is 0 Å². The summed E-state index contributed by atoms with van der Waals surface area (Å²) in [4.78, 5) is 36.7. The van der Waals surface area contributed by atoms with E-state index in [1.54, 1.807) is 0 Å². The van der Waals surface area contributed by atoms with Crippen molar-refractivity contribution in [1.29, 1.82) is 0 Å². The SMILES string of the molecule is CC1CC(n2ncc(=O)n(N)c2=O)C2CCC2C1Oc1ccc2c(c1)C1(CCC1)C(=O)N2. The molecule has 1 aromatic heterocycles. The van der Waals surface area contributed by atoms with Gasteiger partial charge in [-0.05, 0) is 67.7 Å². The van der Waals surface area contributed by atoms with E-state index in [4.69, 9.17) is 10.6 Å². The van der Waals surface area contributed by atoms with Crippen LogP contribution in [0.1, 0.15) is 57.1 Å². The van der Waals surface area contributed by atoms with E-state index in [9.17, 15) is 14.4 Å². The minimum Gasteiger partial charge on any atom is -0.490 e. The largest absolute Gasteiger partial charge is 0.490 e. The molecule has 2 aromatic rings. The third kappa shape index (κ3) is 2.56. The summed E-state index contributed by atoms with van der Waals surface area (Å²) in [5, 5.41) is 7.14. The van der Waals surface area contributed by atoms with Gasteiger partial charge < -0.3 is 15.9 Å². The molecular weight excluding hydrogens is 410 g/mol. The second-order valence-corrected chi connectivity index (χ2v) is 9.94. The average molecular weight is 438 g/mol. The maximum atomic E-state index is 12.5. The monoisotopic (exact) mass is 437 g/mol. The minimum atomic E-state index is -0.602. The lowest BCUT2D eigenvalue weighted by Gasteiger charge is -2.52. The van der Waals surface area contributed by atoms with Crippen LogP contribution in [0.2, 0.25) is 0 Å². The molecule has 0 radical (unpaired) electrons. The van der Waals surface area contributed by atoms with Crippen LogP contribution in [0.4, 0.5) is 5.69 Å². The van der Waals surface area contributed by atoms with Gasteiger partial charge in [0.15, 0.2) is 0 Å². The Kier molecular flexibility index (Phi) is 4.10. The highest BCUT2D eigenvalue weighted by atomic mass is 16.5. The van der Waals surface area contributed by atoms with Crippen LogP contribution in [0.5, 0.6) is 5.75 Å². The van der Waals surface area contributed by atoms with Crippen molar-refractivity contribution < 1.29 is 9.53 Å². The molecule has 1 amide bonds. The summed E-state index contributed by atoms with van der Waals surface area (Å²) in [5.41, 5.74) is 0.438. The fraction of sp³-hybridized carbons (Fsp3) is 0.565. The summed E-state index contributed by atoms with van der Waals surface area (Å²) in [6.07, 6.45) is 6.76. The van der Waals surface area contributed by atoms with E-state index in [2.05, 4.69) is 23.4 Å². The molecule has 4 aliphatic rings. The number of benzene rings is 1. The summed E-state index contributed by atoms with van der Waals surface area (Å²) >= 11 is 0. The second kappa shape index (κ2) is 6.70. The van der Waals surface area contributed by atoms with Crippen LogP contribution < -0.4 is 27.1 Å². The summed E-state index contributed by atoms with van der Waals surface area (Å²) in [6.45, 7) is 2.14. The summed E-state index contributed by atoms with van der Waals surface area (Å²) in [5.74, 6) is 7.30. The van der Waals surface area contributed by atoms with Gasteiger partial charge in [0.25, 0.3) is 5.56 Å². The van der Waals surface area contributed by atoms with Crippen LogP contribution in [0.25, 0.3) is 0 Å². The summed E-state index contributed by atoms with van der Waals surface area (Å²) < 4.78 is 8.57. The van der Waals surface area contributed by atoms with E-state index >= 15 is 0 Å². The number of ether oxygens (including phenoxy) is 1. The number of rotatable bonds is 3. The lowest BCUT2D eigenvalue weighted by atomic mass is 9.59. The molecule has 9 heteroatoms. The predicted octanol–water partition coefficient (Wildman–Crippen LogP) is 1.55. The van der Waals surface area contributed by atoms with Crippen molar-refractivity contribution in [3.05, 3.63) is 50.8 Å². The highest BCUT2D eigenvalue weighted by Gasteiger charge is 2.52.